The van der Waals surface area contributed by atoms with Crippen molar-refractivity contribution in [3.8, 4) is 0 Å². The summed E-state index contributed by atoms with van der Waals surface area (Å²) < 4.78 is 0. The van der Waals surface area contributed by atoms with Gasteiger partial charge in [-0.2, -0.15) is 0 Å². The lowest BCUT2D eigenvalue weighted by Crippen LogP contribution is -2.28. The zero-order valence-corrected chi connectivity index (χ0v) is 9.98. The fraction of sp³-hybridized carbons (Fsp3) is 0.500. The van der Waals surface area contributed by atoms with Crippen molar-refractivity contribution >= 4 is 5.97 Å². The average Bonchev–Trinajstić information content (AvgIpc) is 2.26. The molecule has 3 heteroatoms. The van der Waals surface area contributed by atoms with Crippen LogP contribution in [0, 0.1) is 5.92 Å². The first kappa shape index (κ1) is 12.1. The van der Waals surface area contributed by atoms with E-state index in [1.54, 1.807) is 12.1 Å². The number of hydrogen-bond acceptors (Lipinski definition) is 2. The molecule has 1 aliphatic rings. The summed E-state index contributed by atoms with van der Waals surface area (Å²) in [6.07, 6.45) is 4.85. The van der Waals surface area contributed by atoms with E-state index < -0.39 is 5.97 Å². The van der Waals surface area contributed by atoms with Crippen molar-refractivity contribution in [1.29, 1.82) is 0 Å². The van der Waals surface area contributed by atoms with Crippen LogP contribution < -0.4 is 5.32 Å². The van der Waals surface area contributed by atoms with Gasteiger partial charge in [0.1, 0.15) is 0 Å². The van der Waals surface area contributed by atoms with Crippen LogP contribution in [0.25, 0.3) is 0 Å². The van der Waals surface area contributed by atoms with Crippen molar-refractivity contribution < 1.29 is 9.90 Å². The van der Waals surface area contributed by atoms with E-state index in [2.05, 4.69) is 5.32 Å². The van der Waals surface area contributed by atoms with E-state index in [1.165, 1.54) is 19.3 Å². The van der Waals surface area contributed by atoms with Gasteiger partial charge in [-0.15, -0.1) is 0 Å². The van der Waals surface area contributed by atoms with Crippen LogP contribution in [0.15, 0.2) is 24.3 Å². The zero-order chi connectivity index (χ0) is 12.1. The van der Waals surface area contributed by atoms with Crippen LogP contribution in [-0.2, 0) is 6.42 Å². The zero-order valence-electron chi connectivity index (χ0n) is 9.98. The molecular weight excluding hydrogens is 214 g/mol. The lowest BCUT2D eigenvalue weighted by molar-refractivity contribution is 0.0695. The third kappa shape index (κ3) is 3.30. The Morgan fingerprint density at radius 2 is 2.12 bits per heavy atom. The van der Waals surface area contributed by atoms with Gasteiger partial charge in [-0.3, -0.25) is 0 Å². The first-order valence-electron chi connectivity index (χ1n) is 6.29. The van der Waals surface area contributed by atoms with Gasteiger partial charge in [-0.25, -0.2) is 4.79 Å². The normalized spacial score (nSPS) is 15.5. The van der Waals surface area contributed by atoms with Gasteiger partial charge in [-0.05, 0) is 49.9 Å². The highest BCUT2D eigenvalue weighted by atomic mass is 16.4. The van der Waals surface area contributed by atoms with E-state index in [0.29, 0.717) is 5.56 Å². The summed E-state index contributed by atoms with van der Waals surface area (Å²) in [7, 11) is 0. The molecule has 1 saturated carbocycles. The predicted octanol–water partition coefficient (Wildman–Crippen LogP) is 2.32. The molecule has 0 atom stereocenters. The highest BCUT2D eigenvalue weighted by molar-refractivity contribution is 5.89. The molecule has 1 fully saturated rings. The van der Waals surface area contributed by atoms with E-state index in [-0.39, 0.29) is 0 Å². The van der Waals surface area contributed by atoms with Crippen molar-refractivity contribution in [2.45, 2.75) is 25.7 Å². The molecule has 2 rings (SSSR count). The van der Waals surface area contributed by atoms with Crippen molar-refractivity contribution in [1.82, 2.24) is 5.32 Å². The molecule has 0 amide bonds. The lowest BCUT2D eigenvalue weighted by Gasteiger charge is -2.25. The van der Waals surface area contributed by atoms with Gasteiger partial charge in [0.15, 0.2) is 0 Å². The van der Waals surface area contributed by atoms with Crippen LogP contribution in [-0.4, -0.2) is 24.2 Å². The number of carbonyl (C=O) groups is 1. The van der Waals surface area contributed by atoms with Crippen molar-refractivity contribution in [2.75, 3.05) is 13.1 Å². The van der Waals surface area contributed by atoms with Crippen molar-refractivity contribution in [2.24, 2.45) is 5.92 Å². The van der Waals surface area contributed by atoms with Gasteiger partial charge in [0.2, 0.25) is 0 Å². The number of rotatable bonds is 6. The monoisotopic (exact) mass is 233 g/mol. The molecule has 0 bridgehead atoms. The van der Waals surface area contributed by atoms with Crippen LogP contribution >= 0.6 is 0 Å². The van der Waals surface area contributed by atoms with Crippen molar-refractivity contribution in [3.05, 3.63) is 35.4 Å². The van der Waals surface area contributed by atoms with Crippen LogP contribution in [0.2, 0.25) is 0 Å². The Morgan fingerprint density at radius 1 is 1.35 bits per heavy atom. The molecule has 0 heterocycles. The molecular formula is C14H19NO2. The Kier molecular flexibility index (Phi) is 4.15. The number of hydrogen-bond donors (Lipinski definition) is 2. The Bertz CT molecular complexity index is 386. The third-order valence-corrected chi connectivity index (χ3v) is 3.48. The summed E-state index contributed by atoms with van der Waals surface area (Å²) >= 11 is 0. The summed E-state index contributed by atoms with van der Waals surface area (Å²) in [5, 5.41) is 12.4. The Hall–Kier alpha value is -1.35. The molecule has 2 N–H and O–H groups in total. The molecule has 1 aliphatic carbocycles. The van der Waals surface area contributed by atoms with E-state index in [0.717, 1.165) is 31.0 Å². The van der Waals surface area contributed by atoms with Gasteiger partial charge in [0.25, 0.3) is 0 Å². The minimum Gasteiger partial charge on any atom is -0.478 e. The number of carboxylic acid groups (broad SMARTS) is 1. The lowest BCUT2D eigenvalue weighted by atomic mass is 9.85. The molecule has 1 aromatic carbocycles. The van der Waals surface area contributed by atoms with E-state index in [9.17, 15) is 4.79 Å². The molecule has 0 aromatic heterocycles. The molecule has 17 heavy (non-hydrogen) atoms. The molecule has 3 nitrogen and oxygen atoms in total. The summed E-state index contributed by atoms with van der Waals surface area (Å²) in [6.45, 7) is 1.94. The van der Waals surface area contributed by atoms with E-state index in [1.807, 2.05) is 12.1 Å². The number of benzene rings is 1. The first-order chi connectivity index (χ1) is 8.27. The van der Waals surface area contributed by atoms with Gasteiger partial charge in [0.05, 0.1) is 5.56 Å². The molecule has 0 unspecified atom stereocenters. The second-order valence-corrected chi connectivity index (χ2v) is 4.71. The van der Waals surface area contributed by atoms with E-state index >= 15 is 0 Å². The van der Waals surface area contributed by atoms with Gasteiger partial charge in [0, 0.05) is 0 Å². The number of aromatic carboxylic acids is 1. The SMILES string of the molecule is O=C(O)c1ccccc1CCNCC1CCC1. The number of carboxylic acids is 1. The summed E-state index contributed by atoms with van der Waals surface area (Å²) in [4.78, 5) is 11.0. The maximum Gasteiger partial charge on any atom is 0.335 e. The van der Waals surface area contributed by atoms with Gasteiger partial charge >= 0.3 is 5.97 Å². The highest BCUT2D eigenvalue weighted by Crippen LogP contribution is 2.25. The highest BCUT2D eigenvalue weighted by Gasteiger charge is 2.16. The Morgan fingerprint density at radius 3 is 2.76 bits per heavy atom. The van der Waals surface area contributed by atoms with Gasteiger partial charge in [-0.1, -0.05) is 24.6 Å². The molecule has 0 radical (unpaired) electrons. The Labute approximate surface area is 102 Å². The smallest absolute Gasteiger partial charge is 0.335 e. The number of nitrogens with one attached hydrogen (secondary N) is 1. The average molecular weight is 233 g/mol. The summed E-state index contributed by atoms with van der Waals surface area (Å²) in [5.74, 6) is 0.0179. The minimum atomic E-state index is -0.834. The second kappa shape index (κ2) is 5.82. The summed E-state index contributed by atoms with van der Waals surface area (Å²) in [5.41, 5.74) is 1.35. The Balaban J connectivity index is 1.79. The molecule has 0 saturated heterocycles. The molecule has 1 aromatic rings. The fourth-order valence-corrected chi connectivity index (χ4v) is 2.17. The minimum absolute atomic E-state index is 0.429. The first-order valence-corrected chi connectivity index (χ1v) is 6.29. The van der Waals surface area contributed by atoms with Crippen molar-refractivity contribution in [3.63, 3.8) is 0 Å². The van der Waals surface area contributed by atoms with Crippen LogP contribution in [0.5, 0.6) is 0 Å². The van der Waals surface area contributed by atoms with Crippen LogP contribution in [0.3, 0.4) is 0 Å². The quantitative estimate of drug-likeness (QED) is 0.741. The second-order valence-electron chi connectivity index (χ2n) is 4.71. The summed E-state index contributed by atoms with van der Waals surface area (Å²) in [6, 6.07) is 7.24. The maximum absolute atomic E-state index is 11.0. The fourth-order valence-electron chi connectivity index (χ4n) is 2.17. The molecule has 0 spiro atoms. The maximum atomic E-state index is 11.0. The van der Waals surface area contributed by atoms with Crippen LogP contribution in [0.1, 0.15) is 35.2 Å². The molecule has 0 aliphatic heterocycles. The van der Waals surface area contributed by atoms with Crippen LogP contribution in [0.4, 0.5) is 0 Å². The van der Waals surface area contributed by atoms with Gasteiger partial charge < -0.3 is 10.4 Å². The standard InChI is InChI=1S/C14H19NO2/c16-14(17)13-7-2-1-6-12(13)8-9-15-10-11-4-3-5-11/h1-2,6-7,11,15H,3-5,8-10H2,(H,16,17). The topological polar surface area (TPSA) is 49.3 Å². The predicted molar refractivity (Wildman–Crippen MR) is 67.3 cm³/mol. The van der Waals surface area contributed by atoms with E-state index in [4.69, 9.17) is 5.11 Å². The molecule has 92 valence electrons. The third-order valence-electron chi connectivity index (χ3n) is 3.48. The largest absolute Gasteiger partial charge is 0.478 e.